The smallest absolute Gasteiger partial charge is 0.306 e. The van der Waals surface area contributed by atoms with E-state index in [4.69, 9.17) is 9.84 Å². The molecule has 0 unspecified atom stereocenters. The molecular weight excluding hydrogens is 387 g/mol. The van der Waals surface area contributed by atoms with Crippen LogP contribution in [0.15, 0.2) is 23.0 Å². The minimum atomic E-state index is -0.949. The lowest BCUT2D eigenvalue weighted by Crippen LogP contribution is -2.24. The van der Waals surface area contributed by atoms with Crippen molar-refractivity contribution in [3.63, 3.8) is 0 Å². The Morgan fingerprint density at radius 2 is 2.24 bits per heavy atom. The van der Waals surface area contributed by atoms with E-state index in [1.54, 1.807) is 12.1 Å². The molecule has 1 aromatic carbocycles. The van der Waals surface area contributed by atoms with Gasteiger partial charge in [-0.25, -0.2) is 0 Å². The Kier molecular flexibility index (Phi) is 5.16. The number of benzene rings is 1. The first-order valence-electron chi connectivity index (χ1n) is 6.57. The number of hydrogen-bond donors (Lipinski definition) is 1. The topological polar surface area (TPSA) is 81.4 Å². The number of aliphatic carboxylic acids is 1. The van der Waals surface area contributed by atoms with Crippen molar-refractivity contribution in [1.29, 1.82) is 0 Å². The van der Waals surface area contributed by atoms with Crippen LogP contribution in [0.25, 0.3) is 10.9 Å². The Labute approximate surface area is 134 Å². The van der Waals surface area contributed by atoms with E-state index >= 15 is 0 Å². The lowest BCUT2D eigenvalue weighted by Gasteiger charge is -2.13. The molecular formula is C14H15IN2O4. The van der Waals surface area contributed by atoms with Crippen molar-refractivity contribution in [3.05, 3.63) is 32.1 Å². The highest BCUT2D eigenvalue weighted by atomic mass is 127. The van der Waals surface area contributed by atoms with Crippen molar-refractivity contribution < 1.29 is 14.6 Å². The van der Waals surface area contributed by atoms with Crippen molar-refractivity contribution in [2.75, 3.05) is 6.61 Å². The second-order valence-electron chi connectivity index (χ2n) is 4.50. The molecule has 6 nitrogen and oxygen atoms in total. The number of rotatable bonds is 6. The Balaban J connectivity index is 2.47. The molecule has 0 aliphatic rings. The fourth-order valence-corrected chi connectivity index (χ4v) is 2.42. The molecule has 0 radical (unpaired) electrons. The maximum atomic E-state index is 12.5. The van der Waals surface area contributed by atoms with Gasteiger partial charge in [-0.3, -0.25) is 14.2 Å². The number of fused-ring (bicyclic) bond motifs is 1. The summed E-state index contributed by atoms with van der Waals surface area (Å²) >= 11 is 2.14. The first-order chi connectivity index (χ1) is 10.0. The number of ether oxygens (including phenoxy) is 1. The fourth-order valence-electron chi connectivity index (χ4n) is 1.93. The molecule has 112 valence electrons. The maximum absolute atomic E-state index is 12.5. The predicted molar refractivity (Wildman–Crippen MR) is 86.8 cm³/mol. The van der Waals surface area contributed by atoms with E-state index in [2.05, 4.69) is 27.6 Å². The van der Waals surface area contributed by atoms with Gasteiger partial charge in [-0.2, -0.15) is 4.98 Å². The summed E-state index contributed by atoms with van der Waals surface area (Å²) in [4.78, 5) is 27.4. The SMILES string of the molecule is CCCn1c(OCCC(=O)O)nc2ccc(I)cc2c1=O. The Hall–Kier alpha value is -1.64. The normalized spacial score (nSPS) is 10.8. The Morgan fingerprint density at radius 3 is 2.90 bits per heavy atom. The number of aromatic nitrogens is 2. The third-order valence-corrected chi connectivity index (χ3v) is 3.55. The quantitative estimate of drug-likeness (QED) is 0.750. The van der Waals surface area contributed by atoms with Crippen molar-refractivity contribution >= 4 is 39.5 Å². The van der Waals surface area contributed by atoms with Gasteiger partial charge in [0.2, 0.25) is 0 Å². The summed E-state index contributed by atoms with van der Waals surface area (Å²) in [5, 5.41) is 9.19. The van der Waals surface area contributed by atoms with E-state index in [0.717, 1.165) is 9.99 Å². The summed E-state index contributed by atoms with van der Waals surface area (Å²) in [6.07, 6.45) is 0.624. The van der Waals surface area contributed by atoms with Crippen molar-refractivity contribution in [3.8, 4) is 6.01 Å². The molecule has 1 N–H and O–H groups in total. The molecule has 21 heavy (non-hydrogen) atoms. The van der Waals surface area contributed by atoms with Crippen molar-refractivity contribution in [2.24, 2.45) is 0 Å². The number of carboxylic acid groups (broad SMARTS) is 1. The van der Waals surface area contributed by atoms with Gasteiger partial charge in [0, 0.05) is 10.1 Å². The maximum Gasteiger partial charge on any atom is 0.306 e. The molecule has 0 aliphatic carbocycles. The van der Waals surface area contributed by atoms with Crippen LogP contribution >= 0.6 is 22.6 Å². The van der Waals surface area contributed by atoms with Crippen LogP contribution in [-0.4, -0.2) is 27.2 Å². The lowest BCUT2D eigenvalue weighted by molar-refractivity contribution is -0.137. The molecule has 1 heterocycles. The van der Waals surface area contributed by atoms with E-state index < -0.39 is 5.97 Å². The first kappa shape index (κ1) is 15.7. The highest BCUT2D eigenvalue weighted by Gasteiger charge is 2.12. The van der Waals surface area contributed by atoms with Crippen molar-refractivity contribution in [2.45, 2.75) is 26.3 Å². The summed E-state index contributed by atoms with van der Waals surface area (Å²) in [6, 6.07) is 5.59. The van der Waals surface area contributed by atoms with Gasteiger partial charge in [0.1, 0.15) is 6.61 Å². The molecule has 0 saturated carbocycles. The zero-order chi connectivity index (χ0) is 15.4. The Morgan fingerprint density at radius 1 is 1.48 bits per heavy atom. The third-order valence-electron chi connectivity index (χ3n) is 2.88. The summed E-state index contributed by atoms with van der Waals surface area (Å²) in [5.74, 6) is -0.949. The third kappa shape index (κ3) is 3.72. The van der Waals surface area contributed by atoms with Gasteiger partial charge < -0.3 is 9.84 Å². The molecule has 0 spiro atoms. The molecule has 2 aromatic rings. The van der Waals surface area contributed by atoms with Crippen LogP contribution in [0, 0.1) is 3.57 Å². The lowest BCUT2D eigenvalue weighted by atomic mass is 10.2. The van der Waals surface area contributed by atoms with Gasteiger partial charge in [-0.05, 0) is 47.2 Å². The van der Waals surface area contributed by atoms with Crippen LogP contribution in [0.3, 0.4) is 0 Å². The van der Waals surface area contributed by atoms with E-state index in [1.807, 2.05) is 13.0 Å². The standard InChI is InChI=1S/C14H15IN2O4/c1-2-6-17-13(20)10-8-9(15)3-4-11(10)16-14(17)21-7-5-12(18)19/h3-4,8H,2,5-7H2,1H3,(H,18,19). The molecule has 1 aromatic heterocycles. The molecule has 0 bridgehead atoms. The van der Waals surface area contributed by atoms with Crippen LogP contribution in [0.5, 0.6) is 6.01 Å². The fraction of sp³-hybridized carbons (Fsp3) is 0.357. The largest absolute Gasteiger partial charge is 0.481 e. The molecule has 2 rings (SSSR count). The minimum absolute atomic E-state index is 0.0125. The molecule has 0 saturated heterocycles. The molecule has 0 atom stereocenters. The number of halogens is 1. The highest BCUT2D eigenvalue weighted by Crippen LogP contribution is 2.16. The van der Waals surface area contributed by atoms with Gasteiger partial charge in [0.05, 0.1) is 17.3 Å². The average Bonchev–Trinajstić information content (AvgIpc) is 2.43. The number of hydrogen-bond acceptors (Lipinski definition) is 4. The van der Waals surface area contributed by atoms with Crippen molar-refractivity contribution in [1.82, 2.24) is 9.55 Å². The van der Waals surface area contributed by atoms with Crippen LogP contribution in [0.1, 0.15) is 19.8 Å². The molecule has 7 heteroatoms. The van der Waals surface area contributed by atoms with Gasteiger partial charge in [-0.15, -0.1) is 0 Å². The zero-order valence-corrected chi connectivity index (χ0v) is 13.7. The zero-order valence-electron chi connectivity index (χ0n) is 11.5. The second-order valence-corrected chi connectivity index (χ2v) is 5.75. The van der Waals surface area contributed by atoms with Crippen LogP contribution in [0.2, 0.25) is 0 Å². The molecule has 0 aliphatic heterocycles. The summed E-state index contributed by atoms with van der Waals surface area (Å²) < 4.78 is 7.81. The van der Waals surface area contributed by atoms with Crippen LogP contribution in [0.4, 0.5) is 0 Å². The predicted octanol–water partition coefficient (Wildman–Crippen LogP) is 2.26. The van der Waals surface area contributed by atoms with Gasteiger partial charge in [-0.1, -0.05) is 6.92 Å². The molecule has 0 amide bonds. The number of nitrogens with zero attached hydrogens (tertiary/aromatic N) is 2. The highest BCUT2D eigenvalue weighted by molar-refractivity contribution is 14.1. The van der Waals surface area contributed by atoms with Gasteiger partial charge in [0.15, 0.2) is 0 Å². The monoisotopic (exact) mass is 402 g/mol. The van der Waals surface area contributed by atoms with E-state index in [-0.39, 0.29) is 24.6 Å². The van der Waals surface area contributed by atoms with Crippen LogP contribution < -0.4 is 10.3 Å². The van der Waals surface area contributed by atoms with Gasteiger partial charge in [0.25, 0.3) is 11.6 Å². The van der Waals surface area contributed by atoms with E-state index in [0.29, 0.717) is 17.4 Å². The second kappa shape index (κ2) is 6.88. The summed E-state index contributed by atoms with van der Waals surface area (Å²) in [7, 11) is 0. The van der Waals surface area contributed by atoms with Crippen LogP contribution in [-0.2, 0) is 11.3 Å². The number of carboxylic acids is 1. The van der Waals surface area contributed by atoms with Gasteiger partial charge >= 0.3 is 5.97 Å². The number of carbonyl (C=O) groups is 1. The summed E-state index contributed by atoms with van der Waals surface area (Å²) in [5.41, 5.74) is 0.392. The Bertz CT molecular complexity index is 727. The first-order valence-corrected chi connectivity index (χ1v) is 7.65. The minimum Gasteiger partial charge on any atom is -0.481 e. The van der Waals surface area contributed by atoms with E-state index in [1.165, 1.54) is 4.57 Å². The average molecular weight is 402 g/mol. The molecule has 0 fully saturated rings. The van der Waals surface area contributed by atoms with E-state index in [9.17, 15) is 9.59 Å². The summed E-state index contributed by atoms with van der Waals surface area (Å²) in [6.45, 7) is 2.42.